The zero-order valence-corrected chi connectivity index (χ0v) is 16.4. The van der Waals surface area contributed by atoms with E-state index in [0.29, 0.717) is 10.2 Å². The first-order chi connectivity index (χ1) is 14.8. The highest BCUT2D eigenvalue weighted by atomic mass is 32.1. The second kappa shape index (κ2) is 8.30. The summed E-state index contributed by atoms with van der Waals surface area (Å²) in [6.07, 6.45) is -3.22. The van der Waals surface area contributed by atoms with Gasteiger partial charge in [0.2, 0.25) is 5.82 Å². The normalized spacial score (nSPS) is 11.7. The van der Waals surface area contributed by atoms with Crippen molar-refractivity contribution in [2.24, 2.45) is 0 Å². The Hall–Kier alpha value is -3.54. The van der Waals surface area contributed by atoms with Crippen molar-refractivity contribution in [3.63, 3.8) is 0 Å². The molecule has 8 nitrogen and oxygen atoms in total. The highest BCUT2D eigenvalue weighted by molar-refractivity contribution is 7.16. The van der Waals surface area contributed by atoms with Gasteiger partial charge in [-0.3, -0.25) is 14.2 Å². The zero-order chi connectivity index (χ0) is 22.0. The minimum atomic E-state index is -4.50. The molecule has 0 aliphatic carbocycles. The third kappa shape index (κ3) is 4.63. The number of alkyl halides is 3. The number of halogens is 3. The lowest BCUT2D eigenvalue weighted by Gasteiger charge is -2.06. The second-order valence-corrected chi connectivity index (χ2v) is 7.28. The van der Waals surface area contributed by atoms with Crippen molar-refractivity contribution in [1.29, 1.82) is 0 Å². The Labute approximate surface area is 175 Å². The number of carbonyl (C=O) groups excluding carboxylic acids is 1. The molecule has 1 aromatic carbocycles. The molecule has 0 saturated heterocycles. The van der Waals surface area contributed by atoms with Crippen molar-refractivity contribution >= 4 is 27.5 Å². The van der Waals surface area contributed by atoms with E-state index >= 15 is 0 Å². The summed E-state index contributed by atoms with van der Waals surface area (Å²) in [7, 11) is 0. The van der Waals surface area contributed by atoms with Crippen LogP contribution in [0.1, 0.15) is 17.9 Å². The van der Waals surface area contributed by atoms with Crippen LogP contribution < -0.4 is 5.56 Å². The molecule has 3 aromatic heterocycles. The summed E-state index contributed by atoms with van der Waals surface area (Å²) in [5, 5.41) is 5.86. The Morgan fingerprint density at radius 1 is 1.26 bits per heavy atom. The molecule has 12 heteroatoms. The number of benzene rings is 1. The minimum absolute atomic E-state index is 0.0566. The van der Waals surface area contributed by atoms with Gasteiger partial charge in [-0.25, -0.2) is 4.98 Å². The van der Waals surface area contributed by atoms with Crippen LogP contribution in [-0.4, -0.2) is 25.7 Å². The molecule has 160 valence electrons. The smallest absolute Gasteiger partial charge is 0.416 e. The summed E-state index contributed by atoms with van der Waals surface area (Å²) in [5.41, 5.74) is -0.971. The Balaban J connectivity index is 1.34. The van der Waals surface area contributed by atoms with Crippen LogP contribution in [0.2, 0.25) is 0 Å². The number of aromatic nitrogens is 4. The molecule has 0 saturated carbocycles. The summed E-state index contributed by atoms with van der Waals surface area (Å²) in [6, 6.07) is 6.14. The van der Waals surface area contributed by atoms with Crippen LogP contribution >= 0.6 is 11.3 Å². The summed E-state index contributed by atoms with van der Waals surface area (Å²) in [4.78, 5) is 33.0. The molecule has 0 amide bonds. The number of rotatable bonds is 6. The van der Waals surface area contributed by atoms with Crippen LogP contribution in [0, 0.1) is 0 Å². The van der Waals surface area contributed by atoms with Gasteiger partial charge in [0.15, 0.2) is 6.61 Å². The fourth-order valence-corrected chi connectivity index (χ4v) is 3.47. The fourth-order valence-electron chi connectivity index (χ4n) is 2.74. The third-order valence-corrected chi connectivity index (χ3v) is 5.10. The number of hydrogen-bond acceptors (Lipinski definition) is 8. The van der Waals surface area contributed by atoms with Crippen molar-refractivity contribution in [1.82, 2.24) is 19.7 Å². The van der Waals surface area contributed by atoms with Crippen LogP contribution in [0.15, 0.2) is 51.4 Å². The van der Waals surface area contributed by atoms with Gasteiger partial charge in [0.1, 0.15) is 4.83 Å². The van der Waals surface area contributed by atoms with E-state index < -0.39 is 17.7 Å². The lowest BCUT2D eigenvalue weighted by atomic mass is 10.1. The molecule has 0 aliphatic rings. The van der Waals surface area contributed by atoms with E-state index in [-0.39, 0.29) is 42.4 Å². The van der Waals surface area contributed by atoms with Gasteiger partial charge < -0.3 is 9.26 Å². The predicted octanol–water partition coefficient (Wildman–Crippen LogP) is 3.66. The molecule has 4 aromatic rings. The summed E-state index contributed by atoms with van der Waals surface area (Å²) in [5.74, 6) is -0.741. The van der Waals surface area contributed by atoms with E-state index in [1.807, 2.05) is 0 Å². The number of hydrogen-bond donors (Lipinski definition) is 0. The monoisotopic (exact) mass is 450 g/mol. The summed E-state index contributed by atoms with van der Waals surface area (Å²) < 4.78 is 49.8. The third-order valence-electron chi connectivity index (χ3n) is 4.28. The molecular formula is C19H13F3N4O4S. The number of carbonyl (C=O) groups is 1. The molecule has 4 rings (SSSR count). The number of thiophene rings is 1. The van der Waals surface area contributed by atoms with Gasteiger partial charge in [-0.1, -0.05) is 17.3 Å². The Bertz CT molecular complexity index is 1300. The Morgan fingerprint density at radius 2 is 2.10 bits per heavy atom. The van der Waals surface area contributed by atoms with Gasteiger partial charge in [-0.15, -0.1) is 11.3 Å². The molecule has 0 atom stereocenters. The van der Waals surface area contributed by atoms with Crippen molar-refractivity contribution in [2.45, 2.75) is 25.7 Å². The predicted molar refractivity (Wildman–Crippen MR) is 103 cm³/mol. The van der Waals surface area contributed by atoms with E-state index in [2.05, 4.69) is 15.1 Å². The number of aryl methyl sites for hydroxylation is 1. The van der Waals surface area contributed by atoms with Crippen LogP contribution in [0.25, 0.3) is 21.6 Å². The van der Waals surface area contributed by atoms with Gasteiger partial charge >= 0.3 is 12.1 Å². The molecular weight excluding hydrogens is 437 g/mol. The average Bonchev–Trinajstić information content (AvgIpc) is 3.41. The Morgan fingerprint density at radius 3 is 2.90 bits per heavy atom. The first kappa shape index (κ1) is 20.7. The molecule has 0 unspecified atom stereocenters. The van der Waals surface area contributed by atoms with Crippen LogP contribution in [-0.2, 0) is 28.9 Å². The highest BCUT2D eigenvalue weighted by Crippen LogP contribution is 2.31. The fraction of sp³-hybridized carbons (Fsp3) is 0.211. The zero-order valence-electron chi connectivity index (χ0n) is 15.6. The maximum atomic E-state index is 12.8. The standard InChI is InChI=1S/C19H13F3N4O4S/c20-19(21,22)12-3-1-2-11(8-12)16-24-14(30-25-16)9-29-15(27)4-6-26-10-23-17-13(18(26)28)5-7-31-17/h1-3,5,7-8,10H,4,6,9H2. The van der Waals surface area contributed by atoms with E-state index in [0.717, 1.165) is 12.1 Å². The van der Waals surface area contributed by atoms with Gasteiger partial charge in [0, 0.05) is 12.1 Å². The molecule has 0 bridgehead atoms. The number of fused-ring (bicyclic) bond motifs is 1. The highest BCUT2D eigenvalue weighted by Gasteiger charge is 2.30. The topological polar surface area (TPSA) is 100 Å². The molecule has 3 heterocycles. The molecule has 0 N–H and O–H groups in total. The van der Waals surface area contributed by atoms with Crippen LogP contribution in [0.4, 0.5) is 13.2 Å². The average molecular weight is 450 g/mol. The second-order valence-electron chi connectivity index (χ2n) is 6.38. The number of esters is 1. The summed E-state index contributed by atoms with van der Waals surface area (Å²) >= 11 is 1.35. The van der Waals surface area contributed by atoms with E-state index in [4.69, 9.17) is 9.26 Å². The lowest BCUT2D eigenvalue weighted by molar-refractivity contribution is -0.146. The van der Waals surface area contributed by atoms with Crippen molar-refractivity contribution < 1.29 is 27.2 Å². The van der Waals surface area contributed by atoms with Gasteiger partial charge in [0.05, 0.1) is 23.7 Å². The van der Waals surface area contributed by atoms with Gasteiger partial charge in [-0.05, 0) is 23.6 Å². The quantitative estimate of drug-likeness (QED) is 0.413. The first-order valence-electron chi connectivity index (χ1n) is 8.90. The minimum Gasteiger partial charge on any atom is -0.456 e. The SMILES string of the molecule is O=C(CCn1cnc2sccc2c1=O)OCc1nc(-c2cccc(C(F)(F)F)c2)no1. The van der Waals surface area contributed by atoms with Crippen LogP contribution in [0.3, 0.4) is 0 Å². The molecule has 31 heavy (non-hydrogen) atoms. The molecule has 0 spiro atoms. The van der Waals surface area contributed by atoms with Gasteiger partial charge in [-0.2, -0.15) is 18.2 Å². The number of ether oxygens (including phenoxy) is 1. The van der Waals surface area contributed by atoms with E-state index in [1.54, 1.807) is 11.4 Å². The van der Waals surface area contributed by atoms with E-state index in [9.17, 15) is 22.8 Å². The van der Waals surface area contributed by atoms with Gasteiger partial charge in [0.25, 0.3) is 11.4 Å². The van der Waals surface area contributed by atoms with Crippen molar-refractivity contribution in [3.8, 4) is 11.4 Å². The molecule has 0 aliphatic heterocycles. The first-order valence-corrected chi connectivity index (χ1v) is 9.78. The summed E-state index contributed by atoms with van der Waals surface area (Å²) in [6.45, 7) is -0.267. The number of nitrogens with zero attached hydrogens (tertiary/aromatic N) is 4. The lowest BCUT2D eigenvalue weighted by Crippen LogP contribution is -2.21. The maximum absolute atomic E-state index is 12.8. The van der Waals surface area contributed by atoms with Crippen LogP contribution in [0.5, 0.6) is 0 Å². The Kier molecular flexibility index (Phi) is 5.55. The largest absolute Gasteiger partial charge is 0.456 e. The van der Waals surface area contributed by atoms with Crippen molar-refractivity contribution in [3.05, 3.63) is 63.8 Å². The van der Waals surface area contributed by atoms with E-state index in [1.165, 1.54) is 34.4 Å². The molecule has 0 radical (unpaired) electrons. The molecule has 0 fully saturated rings. The van der Waals surface area contributed by atoms with Crippen molar-refractivity contribution in [2.75, 3.05) is 0 Å². The maximum Gasteiger partial charge on any atom is 0.416 e.